The Morgan fingerprint density at radius 2 is 1.63 bits per heavy atom. The number of rotatable bonds is 11. The van der Waals surface area contributed by atoms with Gasteiger partial charge in [-0.2, -0.15) is 0 Å². The minimum absolute atomic E-state index is 0.122. The number of likely N-dealkylation sites (tertiary alicyclic amines) is 1. The van der Waals surface area contributed by atoms with Gasteiger partial charge in [-0.05, 0) is 101 Å². The number of carbonyl (C=O) groups excluding carboxylic acids is 3. The normalized spacial score (nSPS) is 18.7. The largest absolute Gasteiger partial charge is 0.458 e. The van der Waals surface area contributed by atoms with Crippen LogP contribution in [0.1, 0.15) is 83.7 Å². The summed E-state index contributed by atoms with van der Waals surface area (Å²) in [5.74, 6) is 0.889. The molecular formula is C34H48N2O5. The number of nitrogens with one attached hydrogen (secondary N) is 1. The Balaban J connectivity index is 1.75. The molecule has 1 N–H and O–H groups in total. The summed E-state index contributed by atoms with van der Waals surface area (Å²) < 4.78 is 11.2. The lowest BCUT2D eigenvalue weighted by Crippen LogP contribution is -2.56. The van der Waals surface area contributed by atoms with Crippen molar-refractivity contribution >= 4 is 17.8 Å². The zero-order valence-electron chi connectivity index (χ0n) is 25.8. The second kappa shape index (κ2) is 14.6. The van der Waals surface area contributed by atoms with E-state index >= 15 is 0 Å². The highest BCUT2D eigenvalue weighted by Gasteiger charge is 2.37. The van der Waals surface area contributed by atoms with E-state index in [9.17, 15) is 14.4 Å². The van der Waals surface area contributed by atoms with Crippen molar-refractivity contribution in [3.05, 3.63) is 65.7 Å². The van der Waals surface area contributed by atoms with Crippen molar-refractivity contribution in [2.45, 2.75) is 91.8 Å². The highest BCUT2D eigenvalue weighted by atomic mass is 16.6. The molecule has 3 rings (SSSR count). The van der Waals surface area contributed by atoms with Crippen molar-refractivity contribution in [3.63, 3.8) is 0 Å². The fraction of sp³-hybridized carbons (Fsp3) is 0.559. The average molecular weight is 565 g/mol. The molecular weight excluding hydrogens is 516 g/mol. The van der Waals surface area contributed by atoms with E-state index in [1.165, 1.54) is 0 Å². The maximum atomic E-state index is 13.8. The molecule has 1 aliphatic heterocycles. The van der Waals surface area contributed by atoms with Gasteiger partial charge in [0.05, 0.1) is 11.6 Å². The molecule has 0 aromatic heterocycles. The number of benzene rings is 2. The second-order valence-corrected chi connectivity index (χ2v) is 13.0. The van der Waals surface area contributed by atoms with Crippen LogP contribution < -0.4 is 10.1 Å². The molecule has 0 spiro atoms. The summed E-state index contributed by atoms with van der Waals surface area (Å²) in [5.41, 5.74) is 0.599. The number of piperidine rings is 1. The van der Waals surface area contributed by atoms with E-state index in [2.05, 4.69) is 37.9 Å². The second-order valence-electron chi connectivity index (χ2n) is 13.0. The van der Waals surface area contributed by atoms with Gasteiger partial charge in [0.25, 0.3) is 0 Å². The summed E-state index contributed by atoms with van der Waals surface area (Å²) in [6.07, 6.45) is 3.15. The summed E-state index contributed by atoms with van der Waals surface area (Å²) in [7, 11) is 0. The number of carbonyl (C=O) groups is 3. The van der Waals surface area contributed by atoms with E-state index in [4.69, 9.17) is 9.47 Å². The maximum Gasteiger partial charge on any atom is 0.343 e. The van der Waals surface area contributed by atoms with Gasteiger partial charge in [-0.25, -0.2) is 9.59 Å². The molecule has 2 unspecified atom stereocenters. The van der Waals surface area contributed by atoms with E-state index in [1.54, 1.807) is 36.4 Å². The van der Waals surface area contributed by atoms with Crippen LogP contribution in [0.2, 0.25) is 0 Å². The summed E-state index contributed by atoms with van der Waals surface area (Å²) >= 11 is 0. The highest BCUT2D eigenvalue weighted by molar-refractivity contribution is 5.91. The highest BCUT2D eigenvalue weighted by Crippen LogP contribution is 2.29. The van der Waals surface area contributed by atoms with Crippen molar-refractivity contribution in [1.29, 1.82) is 0 Å². The van der Waals surface area contributed by atoms with Crippen LogP contribution in [0, 0.1) is 17.8 Å². The number of amides is 1. The molecule has 3 atom stereocenters. The topological polar surface area (TPSA) is 84.9 Å². The van der Waals surface area contributed by atoms with Gasteiger partial charge in [0.15, 0.2) is 0 Å². The average Bonchev–Trinajstić information content (AvgIpc) is 2.91. The van der Waals surface area contributed by atoms with Crippen LogP contribution >= 0.6 is 0 Å². The number of esters is 2. The first-order valence-electron chi connectivity index (χ1n) is 15.0. The first-order valence-corrected chi connectivity index (χ1v) is 15.0. The zero-order chi connectivity index (χ0) is 30.2. The molecule has 0 aliphatic carbocycles. The van der Waals surface area contributed by atoms with E-state index in [0.29, 0.717) is 29.1 Å². The molecule has 1 saturated heterocycles. The molecule has 1 fully saturated rings. The summed E-state index contributed by atoms with van der Waals surface area (Å²) in [6, 6.07) is 14.7. The predicted molar refractivity (Wildman–Crippen MR) is 162 cm³/mol. The Bertz CT molecular complexity index is 1140. The standard InChI is InChI=1S/C34H48N2O5/c1-23(2)17-19-36-20-18-27(24(3)4)22-30(36)31(37)35-29(33(39)41-34(5,6)7)21-25-13-15-28(16-14-25)40-32(38)26-11-9-8-10-12-26/h8-16,23-24,27,29-30H,17-22H2,1-7H3,(H,35,37)/t27?,29-,30?/m0/s1. The van der Waals surface area contributed by atoms with Gasteiger partial charge in [0.1, 0.15) is 17.4 Å². The smallest absolute Gasteiger partial charge is 0.343 e. The van der Waals surface area contributed by atoms with Crippen molar-refractivity contribution in [1.82, 2.24) is 10.2 Å². The van der Waals surface area contributed by atoms with Crippen LogP contribution in [0.15, 0.2) is 54.6 Å². The van der Waals surface area contributed by atoms with E-state index in [1.807, 2.05) is 39.0 Å². The molecule has 41 heavy (non-hydrogen) atoms. The lowest BCUT2D eigenvalue weighted by molar-refractivity contribution is -0.159. The molecule has 1 heterocycles. The molecule has 1 aliphatic rings. The van der Waals surface area contributed by atoms with Gasteiger partial charge in [-0.15, -0.1) is 0 Å². The number of nitrogens with zero attached hydrogens (tertiary/aromatic N) is 1. The molecule has 7 heteroatoms. The summed E-state index contributed by atoms with van der Waals surface area (Å²) in [5, 5.41) is 3.06. The fourth-order valence-corrected chi connectivity index (χ4v) is 5.11. The number of hydrogen-bond acceptors (Lipinski definition) is 6. The Morgan fingerprint density at radius 3 is 2.22 bits per heavy atom. The Hall–Kier alpha value is -3.19. The molecule has 0 radical (unpaired) electrons. The quantitative estimate of drug-likeness (QED) is 0.264. The molecule has 0 bridgehead atoms. The molecule has 7 nitrogen and oxygen atoms in total. The van der Waals surface area contributed by atoms with Gasteiger partial charge in [-0.3, -0.25) is 9.69 Å². The Morgan fingerprint density at radius 1 is 0.976 bits per heavy atom. The van der Waals surface area contributed by atoms with Gasteiger partial charge in [0.2, 0.25) is 5.91 Å². The fourth-order valence-electron chi connectivity index (χ4n) is 5.11. The van der Waals surface area contributed by atoms with Crippen LogP contribution in [0.25, 0.3) is 0 Å². The summed E-state index contributed by atoms with van der Waals surface area (Å²) in [4.78, 5) is 41.8. The number of ether oxygens (including phenoxy) is 2. The first kappa shape index (κ1) is 32.3. The monoisotopic (exact) mass is 564 g/mol. The molecule has 1 amide bonds. The SMILES string of the molecule is CC(C)CCN1CCC(C(C)C)CC1C(=O)N[C@@H](Cc1ccc(OC(=O)c2ccccc2)cc1)C(=O)OC(C)(C)C. The maximum absolute atomic E-state index is 13.8. The van der Waals surface area contributed by atoms with E-state index in [-0.39, 0.29) is 18.4 Å². The van der Waals surface area contributed by atoms with E-state index < -0.39 is 23.6 Å². The predicted octanol–water partition coefficient (Wildman–Crippen LogP) is 6.06. The van der Waals surface area contributed by atoms with Crippen LogP contribution in [0.4, 0.5) is 0 Å². The minimum atomic E-state index is -0.842. The lowest BCUT2D eigenvalue weighted by Gasteiger charge is -2.40. The Kier molecular flexibility index (Phi) is 11.5. The third-order valence-corrected chi connectivity index (χ3v) is 7.58. The third-order valence-electron chi connectivity index (χ3n) is 7.58. The molecule has 0 saturated carbocycles. The zero-order valence-corrected chi connectivity index (χ0v) is 25.8. The van der Waals surface area contributed by atoms with Gasteiger partial charge in [-0.1, -0.05) is 58.0 Å². The number of hydrogen-bond donors (Lipinski definition) is 1. The molecule has 2 aromatic rings. The Labute approximate surface area is 246 Å². The van der Waals surface area contributed by atoms with Crippen molar-refractivity contribution in [2.24, 2.45) is 17.8 Å². The van der Waals surface area contributed by atoms with Crippen LogP contribution in [-0.2, 0) is 20.7 Å². The van der Waals surface area contributed by atoms with Crippen molar-refractivity contribution in [2.75, 3.05) is 13.1 Å². The van der Waals surface area contributed by atoms with Crippen LogP contribution in [0.5, 0.6) is 5.75 Å². The molecule has 224 valence electrons. The van der Waals surface area contributed by atoms with Gasteiger partial charge in [0, 0.05) is 6.42 Å². The van der Waals surface area contributed by atoms with Crippen LogP contribution in [-0.4, -0.2) is 53.5 Å². The van der Waals surface area contributed by atoms with Crippen molar-refractivity contribution < 1.29 is 23.9 Å². The van der Waals surface area contributed by atoms with Gasteiger partial charge < -0.3 is 14.8 Å². The van der Waals surface area contributed by atoms with Gasteiger partial charge >= 0.3 is 11.9 Å². The lowest BCUT2D eigenvalue weighted by atomic mass is 9.82. The van der Waals surface area contributed by atoms with Crippen molar-refractivity contribution in [3.8, 4) is 5.75 Å². The first-order chi connectivity index (χ1) is 19.3. The van der Waals surface area contributed by atoms with E-state index in [0.717, 1.165) is 37.9 Å². The minimum Gasteiger partial charge on any atom is -0.458 e. The molecule has 2 aromatic carbocycles. The summed E-state index contributed by atoms with van der Waals surface area (Å²) in [6.45, 7) is 16.0. The van der Waals surface area contributed by atoms with Crippen LogP contribution in [0.3, 0.4) is 0 Å². The third kappa shape index (κ3) is 10.3.